The van der Waals surface area contributed by atoms with Gasteiger partial charge in [0.2, 0.25) is 0 Å². The average Bonchev–Trinajstić information content (AvgIpc) is 3.61. The predicted molar refractivity (Wildman–Crippen MR) is 172 cm³/mol. The van der Waals surface area contributed by atoms with Gasteiger partial charge in [-0.05, 0) is 23.0 Å². The van der Waals surface area contributed by atoms with Crippen molar-refractivity contribution in [3.8, 4) is 11.1 Å². The number of fused-ring (bicyclic) bond motifs is 3. The smallest absolute Gasteiger partial charge is 1.00 e. The summed E-state index contributed by atoms with van der Waals surface area (Å²) in [7, 11) is 0.271. The Morgan fingerprint density at radius 2 is 1.29 bits per heavy atom. The molecule has 2 aliphatic rings. The standard InChI is InChI=1S/C21H25.C12H11Si.C5H5.2ClH.Hf/c1-20(2,3)15-11-10-14-12-18-16(17(14)13-15)8-7-9-19(18)21(4,5)6;1-3-7-11(8-4-1)13-12-9-5-2-6-10-12;1-2-4-5-3-1;;;/h7-9,11,13H,12H2,1-6H3;1-10,13H;1-3H,4H2;2*1H;/q-1;;-1;;;+4/p-2. The summed E-state index contributed by atoms with van der Waals surface area (Å²) in [5, 5.41) is 2.90. The van der Waals surface area contributed by atoms with Crippen molar-refractivity contribution in [2.45, 2.75) is 65.2 Å². The van der Waals surface area contributed by atoms with Crippen LogP contribution < -0.4 is 35.2 Å². The minimum atomic E-state index is 0. The second-order valence-electron chi connectivity index (χ2n) is 12.3. The van der Waals surface area contributed by atoms with E-state index in [1.54, 1.807) is 0 Å². The van der Waals surface area contributed by atoms with Gasteiger partial charge < -0.3 is 24.8 Å². The van der Waals surface area contributed by atoms with Crippen LogP contribution in [0.15, 0.2) is 109 Å². The van der Waals surface area contributed by atoms with Crippen LogP contribution in [0.25, 0.3) is 11.1 Å². The summed E-state index contributed by atoms with van der Waals surface area (Å²) < 4.78 is 0. The molecule has 0 N–H and O–H groups in total. The average molecular weight is 775 g/mol. The number of rotatable bonds is 2. The largest absolute Gasteiger partial charge is 4.00 e. The molecule has 2 aliphatic carbocycles. The van der Waals surface area contributed by atoms with E-state index in [0.717, 1.165) is 12.8 Å². The second-order valence-corrected chi connectivity index (χ2v) is 13.9. The predicted octanol–water partition coefficient (Wildman–Crippen LogP) is 2.04. The number of hydrogen-bond acceptors (Lipinski definition) is 0. The summed E-state index contributed by atoms with van der Waals surface area (Å²) in [5.41, 5.74) is 8.88. The second kappa shape index (κ2) is 17.4. The molecular weight excluding hydrogens is 734 g/mol. The van der Waals surface area contributed by atoms with Gasteiger partial charge in [0.15, 0.2) is 0 Å². The molecule has 0 amide bonds. The van der Waals surface area contributed by atoms with E-state index in [0.29, 0.717) is 0 Å². The van der Waals surface area contributed by atoms with Gasteiger partial charge in [-0.1, -0.05) is 142 Å². The topological polar surface area (TPSA) is 0 Å². The summed E-state index contributed by atoms with van der Waals surface area (Å²) in [6, 6.07) is 36.2. The normalized spacial score (nSPS) is 12.1. The Labute approximate surface area is 288 Å². The van der Waals surface area contributed by atoms with Crippen LogP contribution in [0.2, 0.25) is 0 Å². The fourth-order valence-electron chi connectivity index (χ4n) is 4.89. The molecule has 0 bridgehead atoms. The molecule has 4 aromatic rings. The molecule has 215 valence electrons. The van der Waals surface area contributed by atoms with Crippen LogP contribution in [0, 0.1) is 12.1 Å². The molecule has 0 heterocycles. The van der Waals surface area contributed by atoms with Crippen LogP contribution in [0.5, 0.6) is 0 Å². The molecule has 0 spiro atoms. The molecule has 0 unspecified atom stereocenters. The minimum absolute atomic E-state index is 0. The van der Waals surface area contributed by atoms with E-state index in [-0.39, 0.29) is 71.0 Å². The molecule has 0 aromatic heterocycles. The summed E-state index contributed by atoms with van der Waals surface area (Å²) >= 11 is 0. The molecule has 4 heteroatoms. The number of allylic oxidation sites excluding steroid dienone is 4. The molecule has 0 atom stereocenters. The van der Waals surface area contributed by atoms with E-state index >= 15 is 0 Å². The van der Waals surface area contributed by atoms with Crippen molar-refractivity contribution in [3.63, 3.8) is 0 Å². The SMILES string of the molecule is CC(C)(C)c1c[c-]c2c(c1)-c1cccc(C(C)(C)C)c1C2.[C-]1=CC=CC1.[Cl-].[Cl-].[Hf+4].c1ccc([SiH]c2ccccc2)cc1. The van der Waals surface area contributed by atoms with E-state index in [2.05, 4.69) is 151 Å². The quantitative estimate of drug-likeness (QED) is 0.191. The summed E-state index contributed by atoms with van der Waals surface area (Å²) in [6.45, 7) is 13.7. The Balaban J connectivity index is 0.000000360. The van der Waals surface area contributed by atoms with E-state index in [4.69, 9.17) is 0 Å². The van der Waals surface area contributed by atoms with Gasteiger partial charge in [-0.25, -0.2) is 12.2 Å². The van der Waals surface area contributed by atoms with E-state index in [9.17, 15) is 0 Å². The van der Waals surface area contributed by atoms with Crippen LogP contribution in [-0.4, -0.2) is 9.52 Å². The fraction of sp³-hybridized carbons (Fsp3) is 0.263. The first kappa shape index (κ1) is 38.1. The van der Waals surface area contributed by atoms with Crippen molar-refractivity contribution >= 4 is 19.9 Å². The van der Waals surface area contributed by atoms with Crippen molar-refractivity contribution in [2.75, 3.05) is 0 Å². The van der Waals surface area contributed by atoms with Gasteiger partial charge in [-0.15, -0.1) is 12.0 Å². The van der Waals surface area contributed by atoms with Crippen LogP contribution >= 0.6 is 0 Å². The van der Waals surface area contributed by atoms with E-state index in [1.807, 2.05) is 12.2 Å². The van der Waals surface area contributed by atoms with E-state index < -0.39 is 0 Å². The first-order valence-corrected chi connectivity index (χ1v) is 15.1. The summed E-state index contributed by atoms with van der Waals surface area (Å²) in [4.78, 5) is 0. The first-order chi connectivity index (χ1) is 18.6. The van der Waals surface area contributed by atoms with E-state index in [1.165, 1.54) is 43.8 Å². The maximum absolute atomic E-state index is 3.55. The van der Waals surface area contributed by atoms with Crippen LogP contribution in [0.1, 0.15) is 70.2 Å². The number of halogens is 2. The Hall–Kier alpha value is -1.97. The zero-order valence-corrected chi connectivity index (χ0v) is 31.9. The van der Waals surface area contributed by atoms with Crippen molar-refractivity contribution in [2.24, 2.45) is 0 Å². The maximum Gasteiger partial charge on any atom is 4.00 e. The van der Waals surface area contributed by atoms with Gasteiger partial charge in [0.1, 0.15) is 9.52 Å². The summed E-state index contributed by atoms with van der Waals surface area (Å²) in [6.07, 6.45) is 11.0. The molecule has 4 aromatic carbocycles. The van der Waals surface area contributed by atoms with Gasteiger partial charge in [0.25, 0.3) is 0 Å². The molecule has 0 aliphatic heterocycles. The Morgan fingerprint density at radius 3 is 1.74 bits per heavy atom. The zero-order valence-electron chi connectivity index (χ0n) is 25.6. The molecule has 1 radical (unpaired) electrons. The third kappa shape index (κ3) is 10.6. The summed E-state index contributed by atoms with van der Waals surface area (Å²) in [5.74, 6) is 0. The van der Waals surface area contributed by atoms with Crippen molar-refractivity contribution in [3.05, 3.63) is 144 Å². The van der Waals surface area contributed by atoms with Gasteiger partial charge in [0.05, 0.1) is 0 Å². The molecule has 0 saturated carbocycles. The minimum Gasteiger partial charge on any atom is -1.00 e. The maximum atomic E-state index is 3.55. The van der Waals surface area contributed by atoms with Crippen LogP contribution in [-0.2, 0) is 43.1 Å². The van der Waals surface area contributed by atoms with Crippen molar-refractivity contribution in [1.29, 1.82) is 0 Å². The zero-order chi connectivity index (χ0) is 27.9. The third-order valence-corrected chi connectivity index (χ3v) is 8.48. The van der Waals surface area contributed by atoms with Crippen molar-refractivity contribution < 1.29 is 50.7 Å². The molecule has 6 rings (SSSR count). The van der Waals surface area contributed by atoms with Gasteiger partial charge in [-0.2, -0.15) is 35.4 Å². The van der Waals surface area contributed by atoms with Crippen LogP contribution in [0.3, 0.4) is 0 Å². The third-order valence-electron chi connectivity index (χ3n) is 7.04. The molecule has 0 fully saturated rings. The monoisotopic (exact) mass is 775 g/mol. The van der Waals surface area contributed by atoms with Gasteiger partial charge in [-0.3, -0.25) is 6.08 Å². The number of hydrogen-bond donors (Lipinski definition) is 0. The molecule has 42 heavy (non-hydrogen) atoms. The van der Waals surface area contributed by atoms with Crippen molar-refractivity contribution in [1.82, 2.24) is 0 Å². The Kier molecular flexibility index (Phi) is 15.7. The van der Waals surface area contributed by atoms with Gasteiger partial charge in [0, 0.05) is 0 Å². The van der Waals surface area contributed by atoms with Gasteiger partial charge >= 0.3 is 25.8 Å². The molecule has 0 saturated heterocycles. The Bertz CT molecular complexity index is 1380. The first-order valence-electron chi connectivity index (χ1n) is 14.0. The number of benzene rings is 4. The molecule has 0 nitrogen and oxygen atoms in total. The molecular formula is C38H41Cl2HfSi. The Morgan fingerprint density at radius 1 is 0.690 bits per heavy atom. The van der Waals surface area contributed by atoms with Crippen LogP contribution in [0.4, 0.5) is 0 Å². The fourth-order valence-corrected chi connectivity index (χ4v) is 6.10.